The van der Waals surface area contributed by atoms with Crippen molar-refractivity contribution in [3.63, 3.8) is 0 Å². The number of benzene rings is 1. The first kappa shape index (κ1) is 17.6. The lowest BCUT2D eigenvalue weighted by Gasteiger charge is -2.18. The normalized spacial score (nSPS) is 11.1. The second-order valence-electron chi connectivity index (χ2n) is 6.16. The fourth-order valence-corrected chi connectivity index (χ4v) is 4.07. The van der Waals surface area contributed by atoms with Crippen LogP contribution < -0.4 is 4.90 Å². The molecule has 3 heterocycles. The van der Waals surface area contributed by atoms with Gasteiger partial charge in [-0.05, 0) is 37.3 Å². The Balaban J connectivity index is 1.79. The predicted octanol–water partition coefficient (Wildman–Crippen LogP) is 4.23. The van der Waals surface area contributed by atoms with Crippen molar-refractivity contribution >= 4 is 44.2 Å². The fourth-order valence-electron chi connectivity index (χ4n) is 2.83. The van der Waals surface area contributed by atoms with E-state index in [0.717, 1.165) is 21.5 Å². The van der Waals surface area contributed by atoms with Crippen molar-refractivity contribution in [2.45, 2.75) is 13.5 Å². The van der Waals surface area contributed by atoms with Crippen molar-refractivity contribution in [3.8, 4) is 0 Å². The first-order valence-electron chi connectivity index (χ1n) is 8.29. The van der Waals surface area contributed by atoms with Crippen molar-refractivity contribution in [1.29, 1.82) is 0 Å². The Bertz CT molecular complexity index is 1120. The number of rotatable bonds is 4. The number of fused-ring (bicyclic) bond motifs is 1. The number of aromatic nitrogens is 4. The van der Waals surface area contributed by atoms with Gasteiger partial charge in [-0.15, -0.1) is 0 Å². The zero-order valence-electron chi connectivity index (χ0n) is 14.8. The molecule has 0 N–H and O–H groups in total. The first-order valence-corrected chi connectivity index (χ1v) is 9.49. The van der Waals surface area contributed by atoms with Gasteiger partial charge in [0.2, 0.25) is 0 Å². The van der Waals surface area contributed by atoms with E-state index in [0.29, 0.717) is 22.4 Å². The lowest BCUT2D eigenvalue weighted by molar-refractivity contribution is 0.0978. The molecule has 0 aliphatic rings. The molecular weight excluding hydrogens is 382 g/mol. The van der Waals surface area contributed by atoms with Gasteiger partial charge in [0, 0.05) is 30.0 Å². The van der Waals surface area contributed by atoms with E-state index >= 15 is 0 Å². The lowest BCUT2D eigenvalue weighted by atomic mass is 10.2. The van der Waals surface area contributed by atoms with E-state index in [1.54, 1.807) is 28.9 Å². The summed E-state index contributed by atoms with van der Waals surface area (Å²) in [5.41, 5.74) is 2.80. The zero-order chi connectivity index (χ0) is 19.0. The molecule has 0 radical (unpaired) electrons. The topological polar surface area (TPSA) is 63.9 Å². The van der Waals surface area contributed by atoms with Crippen LogP contribution in [0.25, 0.3) is 10.2 Å². The second kappa shape index (κ2) is 7.09. The second-order valence-corrected chi connectivity index (χ2v) is 7.60. The Morgan fingerprint density at radius 2 is 2.15 bits per heavy atom. The van der Waals surface area contributed by atoms with Crippen LogP contribution in [-0.4, -0.2) is 25.7 Å². The molecule has 6 nitrogen and oxygen atoms in total. The van der Waals surface area contributed by atoms with E-state index < -0.39 is 0 Å². The van der Waals surface area contributed by atoms with Gasteiger partial charge in [-0.1, -0.05) is 29.0 Å². The van der Waals surface area contributed by atoms with Gasteiger partial charge in [0.1, 0.15) is 0 Å². The van der Waals surface area contributed by atoms with Crippen LogP contribution in [0, 0.1) is 6.92 Å². The molecular formula is C19H16ClN5OS. The summed E-state index contributed by atoms with van der Waals surface area (Å²) < 4.78 is 2.56. The van der Waals surface area contributed by atoms with Gasteiger partial charge < -0.3 is 0 Å². The fraction of sp³-hybridized carbons (Fsp3) is 0.158. The first-order chi connectivity index (χ1) is 13.0. The van der Waals surface area contributed by atoms with Crippen LogP contribution >= 0.6 is 22.9 Å². The number of hydrogen-bond acceptors (Lipinski definition) is 5. The number of amides is 1. The number of nitrogens with zero attached hydrogens (tertiary/aromatic N) is 5. The summed E-state index contributed by atoms with van der Waals surface area (Å²) in [5, 5.41) is 5.56. The van der Waals surface area contributed by atoms with Crippen molar-refractivity contribution in [2.24, 2.45) is 7.05 Å². The van der Waals surface area contributed by atoms with Crippen LogP contribution in [0.2, 0.25) is 5.02 Å². The number of anilines is 1. The molecule has 1 aromatic carbocycles. The number of carbonyl (C=O) groups is 1. The number of hydrogen-bond donors (Lipinski definition) is 0. The van der Waals surface area contributed by atoms with E-state index in [1.807, 2.05) is 43.5 Å². The largest absolute Gasteiger partial charge is 0.281 e. The molecule has 0 unspecified atom stereocenters. The number of carbonyl (C=O) groups excluding carboxylic acids is 1. The number of pyridine rings is 1. The number of halogens is 1. The molecule has 0 aliphatic heterocycles. The molecule has 4 aromatic rings. The van der Waals surface area contributed by atoms with E-state index in [2.05, 4.69) is 15.1 Å². The Morgan fingerprint density at radius 1 is 1.30 bits per heavy atom. The smallest absolute Gasteiger partial charge is 0.276 e. The third-order valence-corrected chi connectivity index (χ3v) is 5.35. The SMILES string of the molecule is Cc1cn(C)nc1C(=O)N(Cc1ccccn1)c1nc2ccc(Cl)cc2s1. The van der Waals surface area contributed by atoms with Crippen molar-refractivity contribution in [2.75, 3.05) is 4.90 Å². The van der Waals surface area contributed by atoms with Crippen LogP contribution in [0.5, 0.6) is 0 Å². The predicted molar refractivity (Wildman–Crippen MR) is 107 cm³/mol. The highest BCUT2D eigenvalue weighted by Crippen LogP contribution is 2.32. The average Bonchev–Trinajstić information content (AvgIpc) is 3.22. The molecule has 0 spiro atoms. The molecule has 27 heavy (non-hydrogen) atoms. The molecule has 8 heteroatoms. The van der Waals surface area contributed by atoms with Crippen molar-refractivity contribution in [3.05, 3.63) is 70.8 Å². The summed E-state index contributed by atoms with van der Waals surface area (Å²) >= 11 is 7.52. The van der Waals surface area contributed by atoms with Crippen LogP contribution in [0.3, 0.4) is 0 Å². The summed E-state index contributed by atoms with van der Waals surface area (Å²) in [6.07, 6.45) is 3.53. The zero-order valence-corrected chi connectivity index (χ0v) is 16.3. The molecule has 0 bridgehead atoms. The lowest BCUT2D eigenvalue weighted by Crippen LogP contribution is -2.31. The van der Waals surface area contributed by atoms with Gasteiger partial charge in [-0.3, -0.25) is 19.4 Å². The molecule has 0 atom stereocenters. The minimum absolute atomic E-state index is 0.205. The Labute approximate surface area is 165 Å². The van der Waals surface area contributed by atoms with Crippen LogP contribution in [0.1, 0.15) is 21.7 Å². The van der Waals surface area contributed by atoms with Crippen molar-refractivity contribution < 1.29 is 4.79 Å². The average molecular weight is 398 g/mol. The number of thiazole rings is 1. The molecule has 0 saturated heterocycles. The Hall–Kier alpha value is -2.77. The maximum absolute atomic E-state index is 13.3. The van der Waals surface area contributed by atoms with Gasteiger partial charge in [0.05, 0.1) is 22.5 Å². The standard InChI is InChI=1S/C19H16ClN5OS/c1-12-10-24(2)23-17(12)18(26)25(11-14-5-3-4-8-21-14)19-22-15-7-6-13(20)9-16(15)27-19/h3-10H,11H2,1-2H3. The summed E-state index contributed by atoms with van der Waals surface area (Å²) in [7, 11) is 1.80. The summed E-state index contributed by atoms with van der Waals surface area (Å²) in [6.45, 7) is 2.18. The highest BCUT2D eigenvalue weighted by Gasteiger charge is 2.25. The van der Waals surface area contributed by atoms with Gasteiger partial charge in [0.15, 0.2) is 10.8 Å². The summed E-state index contributed by atoms with van der Waals surface area (Å²) in [4.78, 5) is 23.9. The molecule has 3 aromatic heterocycles. The van der Waals surface area contributed by atoms with Crippen LogP contribution in [-0.2, 0) is 13.6 Å². The molecule has 0 saturated carbocycles. The molecule has 1 amide bonds. The highest BCUT2D eigenvalue weighted by molar-refractivity contribution is 7.22. The van der Waals surface area contributed by atoms with Gasteiger partial charge >= 0.3 is 0 Å². The van der Waals surface area contributed by atoms with Crippen LogP contribution in [0.4, 0.5) is 5.13 Å². The molecule has 136 valence electrons. The Kier molecular flexibility index (Phi) is 4.63. The maximum atomic E-state index is 13.3. The minimum Gasteiger partial charge on any atom is -0.276 e. The molecule has 4 rings (SSSR count). The third kappa shape index (κ3) is 3.56. The highest BCUT2D eigenvalue weighted by atomic mass is 35.5. The maximum Gasteiger partial charge on any atom is 0.281 e. The van der Waals surface area contributed by atoms with Gasteiger partial charge in [-0.2, -0.15) is 5.10 Å². The minimum atomic E-state index is -0.205. The van der Waals surface area contributed by atoms with Gasteiger partial charge in [0.25, 0.3) is 5.91 Å². The van der Waals surface area contributed by atoms with Crippen molar-refractivity contribution in [1.82, 2.24) is 19.7 Å². The molecule has 0 aliphatic carbocycles. The molecule has 0 fully saturated rings. The van der Waals surface area contributed by atoms with E-state index in [1.165, 1.54) is 11.3 Å². The Morgan fingerprint density at radius 3 is 2.85 bits per heavy atom. The summed E-state index contributed by atoms with van der Waals surface area (Å²) in [5.74, 6) is -0.205. The quantitative estimate of drug-likeness (QED) is 0.516. The van der Waals surface area contributed by atoms with Gasteiger partial charge in [-0.25, -0.2) is 4.98 Å². The monoisotopic (exact) mass is 397 g/mol. The van der Waals surface area contributed by atoms with Crippen LogP contribution in [0.15, 0.2) is 48.8 Å². The van der Waals surface area contributed by atoms with E-state index in [-0.39, 0.29) is 5.91 Å². The van der Waals surface area contributed by atoms with E-state index in [4.69, 9.17) is 11.6 Å². The summed E-state index contributed by atoms with van der Waals surface area (Å²) in [6, 6.07) is 11.1. The number of aryl methyl sites for hydroxylation is 2. The van der Waals surface area contributed by atoms with E-state index in [9.17, 15) is 4.79 Å². The third-order valence-electron chi connectivity index (χ3n) is 4.08.